The highest BCUT2D eigenvalue weighted by molar-refractivity contribution is 7.11. The van der Waals surface area contributed by atoms with Crippen molar-refractivity contribution in [3.05, 3.63) is 11.2 Å². The number of rotatable bonds is 3. The van der Waals surface area contributed by atoms with Crippen LogP contribution in [0.5, 0.6) is 5.06 Å². The number of nitrogens with zero attached hydrogens (tertiary/aromatic N) is 1. The normalized spacial score (nSPS) is 26.5. The van der Waals surface area contributed by atoms with E-state index in [1.165, 1.54) is 31.4 Å². The van der Waals surface area contributed by atoms with Crippen molar-refractivity contribution in [3.8, 4) is 5.06 Å². The molecule has 1 unspecified atom stereocenters. The average molecular weight is 224 g/mol. The molecule has 3 nitrogen and oxygen atoms in total. The van der Waals surface area contributed by atoms with Crippen molar-refractivity contribution in [2.45, 2.75) is 37.7 Å². The fourth-order valence-corrected chi connectivity index (χ4v) is 2.83. The molecule has 1 N–H and O–H groups in total. The van der Waals surface area contributed by atoms with Gasteiger partial charge in [0.15, 0.2) is 5.06 Å². The van der Waals surface area contributed by atoms with Gasteiger partial charge in [0.1, 0.15) is 6.10 Å². The summed E-state index contributed by atoms with van der Waals surface area (Å²) in [5, 5.41) is 4.45. The van der Waals surface area contributed by atoms with Crippen LogP contribution in [0, 0.1) is 0 Å². The third kappa shape index (κ3) is 2.16. The highest BCUT2D eigenvalue weighted by Gasteiger charge is 2.30. The predicted octanol–water partition coefficient (Wildman–Crippen LogP) is 2.15. The Morgan fingerprint density at radius 2 is 2.33 bits per heavy atom. The topological polar surface area (TPSA) is 34.1 Å². The lowest BCUT2D eigenvalue weighted by molar-refractivity contribution is 0.170. The van der Waals surface area contributed by atoms with Gasteiger partial charge in [-0.15, -0.1) is 0 Å². The zero-order valence-corrected chi connectivity index (χ0v) is 9.55. The predicted molar refractivity (Wildman–Crippen MR) is 60.6 cm³/mol. The van der Waals surface area contributed by atoms with E-state index in [0.717, 1.165) is 18.2 Å². The number of aromatic nitrogens is 1. The second kappa shape index (κ2) is 4.10. The van der Waals surface area contributed by atoms with Crippen LogP contribution in [0.25, 0.3) is 0 Å². The first kappa shape index (κ1) is 9.60. The molecule has 1 aromatic heterocycles. The Labute approximate surface area is 93.9 Å². The van der Waals surface area contributed by atoms with Crippen molar-refractivity contribution in [1.29, 1.82) is 0 Å². The number of hydrogen-bond acceptors (Lipinski definition) is 4. The lowest BCUT2D eigenvalue weighted by atomic mass is 10.1. The zero-order valence-electron chi connectivity index (χ0n) is 8.74. The Morgan fingerprint density at radius 1 is 1.40 bits per heavy atom. The van der Waals surface area contributed by atoms with Crippen LogP contribution in [-0.2, 0) is 0 Å². The summed E-state index contributed by atoms with van der Waals surface area (Å²) in [7, 11) is 0. The minimum Gasteiger partial charge on any atom is -0.478 e. The van der Waals surface area contributed by atoms with E-state index in [1.54, 1.807) is 11.3 Å². The molecule has 2 fully saturated rings. The number of nitrogens with one attached hydrogen (secondary N) is 1. The minimum absolute atomic E-state index is 0.358. The van der Waals surface area contributed by atoms with E-state index >= 15 is 0 Å². The molecule has 15 heavy (non-hydrogen) atoms. The van der Waals surface area contributed by atoms with E-state index in [2.05, 4.69) is 10.3 Å². The quantitative estimate of drug-likeness (QED) is 0.854. The van der Waals surface area contributed by atoms with Gasteiger partial charge in [-0.1, -0.05) is 11.3 Å². The molecule has 1 aliphatic heterocycles. The van der Waals surface area contributed by atoms with Gasteiger partial charge in [-0.3, -0.25) is 0 Å². The minimum atomic E-state index is 0.358. The standard InChI is InChI=1S/C11H16N2OS/c1-2-9(6-12-5-1)14-11-10(8-3-4-8)13-7-15-11/h7-9,12H,1-6H2. The fraction of sp³-hybridized carbons (Fsp3) is 0.727. The third-order valence-electron chi connectivity index (χ3n) is 3.05. The Hall–Kier alpha value is -0.610. The maximum Gasteiger partial charge on any atom is 0.197 e. The molecule has 2 heterocycles. The summed E-state index contributed by atoms with van der Waals surface area (Å²) in [6.45, 7) is 2.13. The first-order chi connectivity index (χ1) is 7.43. The molecule has 3 rings (SSSR count). The summed E-state index contributed by atoms with van der Waals surface area (Å²) in [6.07, 6.45) is 5.35. The van der Waals surface area contributed by atoms with Crippen molar-refractivity contribution in [1.82, 2.24) is 10.3 Å². The maximum absolute atomic E-state index is 6.02. The molecule has 1 saturated heterocycles. The molecular formula is C11H16N2OS. The van der Waals surface area contributed by atoms with Crippen LogP contribution >= 0.6 is 11.3 Å². The van der Waals surface area contributed by atoms with Gasteiger partial charge >= 0.3 is 0 Å². The highest BCUT2D eigenvalue weighted by Crippen LogP contribution is 2.45. The smallest absolute Gasteiger partial charge is 0.197 e. The van der Waals surface area contributed by atoms with Gasteiger partial charge in [0, 0.05) is 12.5 Å². The monoisotopic (exact) mass is 224 g/mol. The van der Waals surface area contributed by atoms with Crippen LogP contribution in [0.4, 0.5) is 0 Å². The lowest BCUT2D eigenvalue weighted by Crippen LogP contribution is -2.37. The molecule has 1 aromatic rings. The zero-order chi connectivity index (χ0) is 10.1. The number of ether oxygens (including phenoxy) is 1. The van der Waals surface area contributed by atoms with Crippen molar-refractivity contribution < 1.29 is 4.74 Å². The van der Waals surface area contributed by atoms with Crippen LogP contribution in [-0.4, -0.2) is 24.2 Å². The number of thiazole rings is 1. The maximum atomic E-state index is 6.02. The molecule has 2 aliphatic rings. The molecule has 0 spiro atoms. The van der Waals surface area contributed by atoms with Gasteiger partial charge in [-0.2, -0.15) is 0 Å². The number of hydrogen-bond donors (Lipinski definition) is 1. The van der Waals surface area contributed by atoms with E-state index in [0.29, 0.717) is 12.0 Å². The molecule has 0 amide bonds. The first-order valence-electron chi connectivity index (χ1n) is 5.74. The molecule has 0 aromatic carbocycles. The average Bonchev–Trinajstić information content (AvgIpc) is 3.02. The van der Waals surface area contributed by atoms with Crippen molar-refractivity contribution >= 4 is 11.3 Å². The summed E-state index contributed by atoms with van der Waals surface area (Å²) in [5.74, 6) is 0.697. The van der Waals surface area contributed by atoms with Gasteiger partial charge in [-0.25, -0.2) is 4.98 Å². The van der Waals surface area contributed by atoms with Gasteiger partial charge in [0.25, 0.3) is 0 Å². The Bertz CT molecular complexity index is 329. The third-order valence-corrected chi connectivity index (χ3v) is 3.78. The van der Waals surface area contributed by atoms with Gasteiger partial charge in [0.05, 0.1) is 11.2 Å². The van der Waals surface area contributed by atoms with Crippen LogP contribution in [0.1, 0.15) is 37.3 Å². The summed E-state index contributed by atoms with van der Waals surface area (Å²) in [4.78, 5) is 4.42. The molecule has 0 bridgehead atoms. The SMILES string of the molecule is c1nc(C2CC2)c(OC2CCCNC2)s1. The Kier molecular flexibility index (Phi) is 2.63. The summed E-state index contributed by atoms with van der Waals surface area (Å²) in [5.41, 5.74) is 3.13. The molecule has 82 valence electrons. The first-order valence-corrected chi connectivity index (χ1v) is 6.62. The van der Waals surface area contributed by atoms with E-state index < -0.39 is 0 Å². The summed E-state index contributed by atoms with van der Waals surface area (Å²) < 4.78 is 6.02. The molecule has 4 heteroatoms. The van der Waals surface area contributed by atoms with E-state index in [-0.39, 0.29) is 0 Å². The molecule has 1 aliphatic carbocycles. The van der Waals surface area contributed by atoms with E-state index in [4.69, 9.17) is 4.74 Å². The molecule has 1 atom stereocenters. The second-order valence-electron chi connectivity index (χ2n) is 4.39. The number of piperidine rings is 1. The van der Waals surface area contributed by atoms with Crippen molar-refractivity contribution in [2.75, 3.05) is 13.1 Å². The molecular weight excluding hydrogens is 208 g/mol. The summed E-state index contributed by atoms with van der Waals surface area (Å²) >= 11 is 1.65. The van der Waals surface area contributed by atoms with Crippen molar-refractivity contribution in [3.63, 3.8) is 0 Å². The second-order valence-corrected chi connectivity index (χ2v) is 5.20. The van der Waals surface area contributed by atoms with Crippen LogP contribution in [0.3, 0.4) is 0 Å². The molecule has 1 saturated carbocycles. The van der Waals surface area contributed by atoms with E-state index in [1.807, 2.05) is 5.51 Å². The Morgan fingerprint density at radius 3 is 3.07 bits per heavy atom. The molecule has 0 radical (unpaired) electrons. The van der Waals surface area contributed by atoms with Crippen LogP contribution in [0.15, 0.2) is 5.51 Å². The highest BCUT2D eigenvalue weighted by atomic mass is 32.1. The Balaban J connectivity index is 1.67. The largest absolute Gasteiger partial charge is 0.478 e. The van der Waals surface area contributed by atoms with E-state index in [9.17, 15) is 0 Å². The fourth-order valence-electron chi connectivity index (χ4n) is 2.03. The van der Waals surface area contributed by atoms with Gasteiger partial charge in [-0.05, 0) is 32.2 Å². The summed E-state index contributed by atoms with van der Waals surface area (Å²) in [6, 6.07) is 0. The van der Waals surface area contributed by atoms with Gasteiger partial charge in [0.2, 0.25) is 0 Å². The lowest BCUT2D eigenvalue weighted by Gasteiger charge is -2.23. The van der Waals surface area contributed by atoms with Crippen LogP contribution < -0.4 is 10.1 Å². The van der Waals surface area contributed by atoms with Crippen LogP contribution in [0.2, 0.25) is 0 Å². The van der Waals surface area contributed by atoms with Gasteiger partial charge < -0.3 is 10.1 Å². The van der Waals surface area contributed by atoms with Crippen molar-refractivity contribution in [2.24, 2.45) is 0 Å².